The molecule has 0 radical (unpaired) electrons. The van der Waals surface area contributed by atoms with E-state index in [4.69, 9.17) is 43.0 Å². The van der Waals surface area contributed by atoms with Gasteiger partial charge in [0, 0.05) is 34.8 Å². The normalized spacial score (nSPS) is 15.8. The Balaban J connectivity index is 0.000000194. The number of halogens is 3. The lowest BCUT2D eigenvalue weighted by molar-refractivity contribution is 0.00578. The molecule has 0 bridgehead atoms. The van der Waals surface area contributed by atoms with Gasteiger partial charge in [-0.3, -0.25) is 9.36 Å². The number of hydrogen-bond acceptors (Lipinski definition) is 6. The Morgan fingerprint density at radius 1 is 0.842 bits per heavy atom. The fraction of sp³-hybridized carbons (Fsp3) is 0.385. The molecule has 196 valence electrons. The molecule has 0 aliphatic carbocycles. The molecule has 0 amide bonds. The summed E-state index contributed by atoms with van der Waals surface area (Å²) in [4.78, 5) is 0. The van der Waals surface area contributed by atoms with Crippen molar-refractivity contribution in [2.75, 3.05) is 0 Å². The lowest BCUT2D eigenvalue weighted by Crippen LogP contribution is -2.41. The number of nitriles is 2. The zero-order valence-corrected chi connectivity index (χ0v) is 25.0. The molecule has 0 unspecified atom stereocenters. The molecule has 8 nitrogen and oxygen atoms in total. The van der Waals surface area contributed by atoms with Gasteiger partial charge in [-0.2, -0.15) is 20.7 Å². The summed E-state index contributed by atoms with van der Waals surface area (Å²) in [6.45, 7) is 8.02. The second-order valence-corrected chi connectivity index (χ2v) is 11.6. The summed E-state index contributed by atoms with van der Waals surface area (Å²) in [5, 5.41) is 29.3. The van der Waals surface area contributed by atoms with E-state index in [0.29, 0.717) is 16.5 Å². The van der Waals surface area contributed by atoms with Gasteiger partial charge in [0.05, 0.1) is 68.6 Å². The van der Waals surface area contributed by atoms with Gasteiger partial charge in [-0.15, -0.1) is 0 Å². The van der Waals surface area contributed by atoms with Gasteiger partial charge in [-0.05, 0) is 61.8 Å². The van der Waals surface area contributed by atoms with Crippen LogP contribution in [0.5, 0.6) is 0 Å². The topological polar surface area (TPSA) is 102 Å². The third-order valence-electron chi connectivity index (χ3n) is 7.10. The van der Waals surface area contributed by atoms with E-state index in [-0.39, 0.29) is 6.42 Å². The molecule has 5 rings (SSSR count). The molecule has 0 spiro atoms. The number of nitrogens with zero attached hydrogens (tertiary/aromatic N) is 6. The van der Waals surface area contributed by atoms with Gasteiger partial charge in [0.2, 0.25) is 0 Å². The van der Waals surface area contributed by atoms with E-state index in [1.807, 2.05) is 66.1 Å². The van der Waals surface area contributed by atoms with Crippen molar-refractivity contribution >= 4 is 73.5 Å². The Labute approximate surface area is 240 Å². The van der Waals surface area contributed by atoms with Crippen molar-refractivity contribution in [3.8, 4) is 12.1 Å². The third-order valence-corrected chi connectivity index (χ3v) is 8.79. The summed E-state index contributed by atoms with van der Waals surface area (Å²) < 4.78 is 16.4. The van der Waals surface area contributed by atoms with Crippen LogP contribution in [0.3, 0.4) is 0 Å². The van der Waals surface area contributed by atoms with Crippen molar-refractivity contribution in [3.63, 3.8) is 0 Å². The van der Waals surface area contributed by atoms with Crippen LogP contribution < -0.4 is 5.46 Å². The maximum Gasteiger partial charge on any atom is 0.496 e. The summed E-state index contributed by atoms with van der Waals surface area (Å²) in [6, 6.07) is 11.8. The van der Waals surface area contributed by atoms with Gasteiger partial charge < -0.3 is 9.31 Å². The molecular weight excluding hydrogens is 590 g/mol. The molecule has 1 aliphatic rings. The van der Waals surface area contributed by atoms with Crippen LogP contribution in [0.25, 0.3) is 21.8 Å². The molecule has 2 aromatic heterocycles. The molecule has 0 atom stereocenters. The van der Waals surface area contributed by atoms with Gasteiger partial charge in [0.1, 0.15) is 0 Å². The third kappa shape index (κ3) is 4.92. The Morgan fingerprint density at radius 3 is 1.76 bits per heavy atom. The van der Waals surface area contributed by atoms with E-state index in [0.717, 1.165) is 43.1 Å². The summed E-state index contributed by atoms with van der Waals surface area (Å²) >= 11 is 16.2. The molecule has 12 heteroatoms. The maximum atomic E-state index is 9.05. The van der Waals surface area contributed by atoms with Gasteiger partial charge in [-0.1, -0.05) is 29.3 Å². The molecule has 1 saturated heterocycles. The Morgan fingerprint density at radius 2 is 1.29 bits per heavy atom. The standard InChI is InChI=1S/C16H19BClN3O2.C10H7BrClN3/c1-15(2)16(3,4)23-17(22-15)10-6-7-11-13(14(10)18)12(8-9-19)21(5)20-11;1-15-8(4-5-13)9-7(14-15)3-2-6(11)10(9)12/h6-7H,8H2,1-5H3;2-3H,4H2,1H3. The number of hydrogen-bond donors (Lipinski definition) is 0. The van der Waals surface area contributed by atoms with E-state index >= 15 is 0 Å². The maximum absolute atomic E-state index is 9.05. The summed E-state index contributed by atoms with van der Waals surface area (Å²) in [6.07, 6.45) is 0.558. The number of benzene rings is 2. The van der Waals surface area contributed by atoms with Crippen LogP contribution in [0, 0.1) is 22.7 Å². The Hall–Kier alpha value is -2.60. The first kappa shape index (κ1) is 28.4. The minimum atomic E-state index is -0.535. The second kappa shape index (κ2) is 10.5. The Kier molecular flexibility index (Phi) is 7.87. The highest BCUT2D eigenvalue weighted by molar-refractivity contribution is 9.10. The van der Waals surface area contributed by atoms with Crippen LogP contribution in [0.4, 0.5) is 0 Å². The summed E-state index contributed by atoms with van der Waals surface area (Å²) in [5.41, 5.74) is 3.13. The summed E-state index contributed by atoms with van der Waals surface area (Å²) in [5.74, 6) is 0. The fourth-order valence-corrected chi connectivity index (χ4v) is 5.27. The van der Waals surface area contributed by atoms with Crippen LogP contribution in [-0.2, 0) is 36.2 Å². The Bertz CT molecular complexity index is 1620. The van der Waals surface area contributed by atoms with Gasteiger partial charge in [0.25, 0.3) is 0 Å². The molecule has 1 aliphatic heterocycles. The van der Waals surface area contributed by atoms with Crippen molar-refractivity contribution in [1.29, 1.82) is 10.5 Å². The van der Waals surface area contributed by atoms with Crippen LogP contribution in [0.2, 0.25) is 10.0 Å². The number of aryl methyl sites for hydroxylation is 2. The van der Waals surface area contributed by atoms with E-state index in [9.17, 15) is 0 Å². The molecular formula is C26H26BBrCl2N6O2. The average molecular weight is 616 g/mol. The number of rotatable bonds is 3. The average Bonchev–Trinajstić information content (AvgIpc) is 3.41. The van der Waals surface area contributed by atoms with E-state index in [1.165, 1.54) is 0 Å². The van der Waals surface area contributed by atoms with E-state index < -0.39 is 18.3 Å². The largest absolute Gasteiger partial charge is 0.496 e. The molecule has 38 heavy (non-hydrogen) atoms. The highest BCUT2D eigenvalue weighted by Crippen LogP contribution is 2.38. The van der Waals surface area contributed by atoms with Crippen molar-refractivity contribution in [2.24, 2.45) is 14.1 Å². The summed E-state index contributed by atoms with van der Waals surface area (Å²) in [7, 11) is 3.10. The highest BCUT2D eigenvalue weighted by Gasteiger charge is 2.52. The lowest BCUT2D eigenvalue weighted by Gasteiger charge is -2.32. The molecule has 3 heterocycles. The lowest BCUT2D eigenvalue weighted by atomic mass is 9.78. The van der Waals surface area contributed by atoms with Crippen molar-refractivity contribution in [3.05, 3.63) is 50.2 Å². The fourth-order valence-electron chi connectivity index (χ4n) is 4.31. The first-order valence-corrected chi connectivity index (χ1v) is 13.4. The van der Waals surface area contributed by atoms with Crippen LogP contribution in [-0.4, -0.2) is 37.9 Å². The first-order chi connectivity index (χ1) is 17.8. The second-order valence-electron chi connectivity index (χ2n) is 10.0. The minimum absolute atomic E-state index is 0.250. The number of aromatic nitrogens is 4. The molecule has 4 aromatic rings. The molecule has 2 aromatic carbocycles. The molecule has 0 N–H and O–H groups in total. The smallest absolute Gasteiger partial charge is 0.399 e. The van der Waals surface area contributed by atoms with Crippen molar-refractivity contribution < 1.29 is 9.31 Å². The van der Waals surface area contributed by atoms with E-state index in [2.05, 4.69) is 38.3 Å². The van der Waals surface area contributed by atoms with Gasteiger partial charge >= 0.3 is 7.12 Å². The predicted octanol–water partition coefficient (Wildman–Crippen LogP) is 5.65. The number of fused-ring (bicyclic) bond motifs is 2. The van der Waals surface area contributed by atoms with Crippen molar-refractivity contribution in [1.82, 2.24) is 19.6 Å². The zero-order chi connectivity index (χ0) is 28.0. The van der Waals surface area contributed by atoms with Crippen LogP contribution in [0.1, 0.15) is 39.1 Å². The van der Waals surface area contributed by atoms with Gasteiger partial charge in [0.15, 0.2) is 0 Å². The first-order valence-electron chi connectivity index (χ1n) is 11.9. The SMILES string of the molecule is Cn1nc2ccc(B3OC(C)(C)C(C)(C)O3)c(Cl)c2c1CC#N.Cn1nc2ccc(Br)c(Cl)c2c1CC#N. The zero-order valence-electron chi connectivity index (χ0n) is 21.9. The van der Waals surface area contributed by atoms with Crippen molar-refractivity contribution in [2.45, 2.75) is 51.7 Å². The predicted molar refractivity (Wildman–Crippen MR) is 153 cm³/mol. The quantitative estimate of drug-likeness (QED) is 0.276. The van der Waals surface area contributed by atoms with E-state index in [1.54, 1.807) is 9.36 Å². The monoisotopic (exact) mass is 614 g/mol. The minimum Gasteiger partial charge on any atom is -0.399 e. The molecule has 0 saturated carbocycles. The highest BCUT2D eigenvalue weighted by atomic mass is 79.9. The molecule has 1 fully saturated rings. The van der Waals surface area contributed by atoms with Crippen LogP contribution in [0.15, 0.2) is 28.7 Å². The van der Waals surface area contributed by atoms with Gasteiger partial charge in [-0.25, -0.2) is 0 Å². The van der Waals surface area contributed by atoms with Crippen LogP contribution >= 0.6 is 39.1 Å².